The molecule has 6 heteroatoms. The summed E-state index contributed by atoms with van der Waals surface area (Å²) >= 11 is 0. The van der Waals surface area contributed by atoms with E-state index in [4.69, 9.17) is 4.42 Å². The van der Waals surface area contributed by atoms with E-state index in [-0.39, 0.29) is 24.4 Å². The summed E-state index contributed by atoms with van der Waals surface area (Å²) in [5.74, 6) is 0.361. The number of carbonyl (C=O) groups excluding carboxylic acids is 2. The van der Waals surface area contributed by atoms with Gasteiger partial charge in [-0.15, -0.1) is 0 Å². The van der Waals surface area contributed by atoms with Crippen LogP contribution in [0.4, 0.5) is 5.69 Å². The summed E-state index contributed by atoms with van der Waals surface area (Å²) in [4.78, 5) is 24.4. The van der Waals surface area contributed by atoms with Crippen molar-refractivity contribution in [2.24, 2.45) is 0 Å². The molecule has 0 aliphatic carbocycles. The van der Waals surface area contributed by atoms with Gasteiger partial charge in [0.15, 0.2) is 0 Å². The Kier molecular flexibility index (Phi) is 7.19. The van der Waals surface area contributed by atoms with Gasteiger partial charge in [-0.25, -0.2) is 0 Å². The molecule has 2 aromatic carbocycles. The van der Waals surface area contributed by atoms with E-state index < -0.39 is 0 Å². The Morgan fingerprint density at radius 3 is 2.38 bits per heavy atom. The fourth-order valence-electron chi connectivity index (χ4n) is 2.99. The molecule has 1 unspecified atom stereocenters. The summed E-state index contributed by atoms with van der Waals surface area (Å²) in [5, 5.41) is 8.91. The Hall–Kier alpha value is -3.38. The SMILES string of the molecule is CCC(NCC(=O)Nc1ccc(C(=O)NCc2ccco2)cc1)c1ccccc1. The van der Waals surface area contributed by atoms with E-state index in [1.165, 1.54) is 0 Å². The van der Waals surface area contributed by atoms with Crippen molar-refractivity contribution in [3.8, 4) is 0 Å². The van der Waals surface area contributed by atoms with Crippen LogP contribution in [0.5, 0.6) is 0 Å². The van der Waals surface area contributed by atoms with Gasteiger partial charge in [0.25, 0.3) is 5.91 Å². The fourth-order valence-corrected chi connectivity index (χ4v) is 2.99. The van der Waals surface area contributed by atoms with Gasteiger partial charge in [-0.3, -0.25) is 9.59 Å². The first-order chi connectivity index (χ1) is 14.2. The molecule has 3 rings (SSSR count). The molecule has 0 saturated heterocycles. The smallest absolute Gasteiger partial charge is 0.251 e. The molecule has 29 heavy (non-hydrogen) atoms. The molecule has 0 spiro atoms. The first kappa shape index (κ1) is 20.4. The minimum Gasteiger partial charge on any atom is -0.467 e. The van der Waals surface area contributed by atoms with Crippen molar-refractivity contribution in [1.82, 2.24) is 10.6 Å². The summed E-state index contributed by atoms with van der Waals surface area (Å²) in [5.41, 5.74) is 2.32. The zero-order valence-electron chi connectivity index (χ0n) is 16.4. The second-order valence-corrected chi connectivity index (χ2v) is 6.64. The Balaban J connectivity index is 1.47. The van der Waals surface area contributed by atoms with E-state index in [0.29, 0.717) is 23.6 Å². The van der Waals surface area contributed by atoms with Crippen LogP contribution in [0.3, 0.4) is 0 Å². The lowest BCUT2D eigenvalue weighted by Gasteiger charge is -2.17. The Bertz CT molecular complexity index is 906. The number of rotatable bonds is 9. The summed E-state index contributed by atoms with van der Waals surface area (Å²) in [6.45, 7) is 2.62. The van der Waals surface area contributed by atoms with Crippen molar-refractivity contribution < 1.29 is 14.0 Å². The maximum atomic E-state index is 12.3. The van der Waals surface area contributed by atoms with Gasteiger partial charge in [-0.2, -0.15) is 0 Å². The predicted molar refractivity (Wildman–Crippen MR) is 112 cm³/mol. The van der Waals surface area contributed by atoms with Gasteiger partial charge >= 0.3 is 0 Å². The van der Waals surface area contributed by atoms with Crippen LogP contribution in [-0.2, 0) is 11.3 Å². The lowest BCUT2D eigenvalue weighted by molar-refractivity contribution is -0.115. The maximum absolute atomic E-state index is 12.3. The molecular weight excluding hydrogens is 366 g/mol. The van der Waals surface area contributed by atoms with Crippen molar-refractivity contribution in [1.29, 1.82) is 0 Å². The molecule has 150 valence electrons. The summed E-state index contributed by atoms with van der Waals surface area (Å²) in [7, 11) is 0. The first-order valence-electron chi connectivity index (χ1n) is 9.64. The molecule has 1 atom stereocenters. The Labute approximate surface area is 170 Å². The van der Waals surface area contributed by atoms with Crippen molar-refractivity contribution in [3.05, 3.63) is 89.9 Å². The molecule has 2 amide bonds. The molecule has 0 radical (unpaired) electrons. The van der Waals surface area contributed by atoms with E-state index >= 15 is 0 Å². The predicted octanol–water partition coefficient (Wildman–Crippen LogP) is 3.89. The monoisotopic (exact) mass is 391 g/mol. The molecule has 0 bridgehead atoms. The zero-order valence-corrected chi connectivity index (χ0v) is 16.4. The highest BCUT2D eigenvalue weighted by molar-refractivity contribution is 5.96. The number of benzene rings is 2. The molecule has 1 aromatic heterocycles. The van der Waals surface area contributed by atoms with Crippen LogP contribution in [0.1, 0.15) is 41.1 Å². The number of anilines is 1. The van der Waals surface area contributed by atoms with Crippen molar-refractivity contribution in [3.63, 3.8) is 0 Å². The molecule has 3 N–H and O–H groups in total. The number of furan rings is 1. The van der Waals surface area contributed by atoms with Crippen LogP contribution in [0.25, 0.3) is 0 Å². The molecular formula is C23H25N3O3. The van der Waals surface area contributed by atoms with Crippen molar-refractivity contribution in [2.45, 2.75) is 25.9 Å². The maximum Gasteiger partial charge on any atom is 0.251 e. The number of hydrogen-bond donors (Lipinski definition) is 3. The van der Waals surface area contributed by atoms with Gasteiger partial charge in [0.05, 0.1) is 19.4 Å². The van der Waals surface area contributed by atoms with Crippen LogP contribution in [0.2, 0.25) is 0 Å². The normalized spacial score (nSPS) is 11.6. The standard InChI is InChI=1S/C23H25N3O3/c1-2-21(17-7-4-3-5-8-17)24-16-22(27)26-19-12-10-18(11-13-19)23(28)25-15-20-9-6-14-29-20/h3-14,21,24H,2,15-16H2,1H3,(H,25,28)(H,26,27). The minimum atomic E-state index is -0.199. The molecule has 6 nitrogen and oxygen atoms in total. The summed E-state index contributed by atoms with van der Waals surface area (Å²) in [6, 6.07) is 20.6. The van der Waals surface area contributed by atoms with Gasteiger partial charge in [0.2, 0.25) is 5.91 Å². The van der Waals surface area contributed by atoms with E-state index in [1.54, 1.807) is 42.7 Å². The van der Waals surface area contributed by atoms with Crippen LogP contribution < -0.4 is 16.0 Å². The van der Waals surface area contributed by atoms with Gasteiger partial charge in [-0.05, 0) is 48.4 Å². The van der Waals surface area contributed by atoms with Gasteiger partial charge in [-0.1, -0.05) is 37.3 Å². The van der Waals surface area contributed by atoms with E-state index in [1.807, 2.05) is 18.2 Å². The van der Waals surface area contributed by atoms with Gasteiger partial charge < -0.3 is 20.4 Å². The lowest BCUT2D eigenvalue weighted by atomic mass is 10.0. The van der Waals surface area contributed by atoms with Crippen molar-refractivity contribution in [2.75, 3.05) is 11.9 Å². The van der Waals surface area contributed by atoms with E-state index in [2.05, 4.69) is 35.0 Å². The summed E-state index contributed by atoms with van der Waals surface area (Å²) in [6.07, 6.45) is 2.45. The number of nitrogens with one attached hydrogen (secondary N) is 3. The minimum absolute atomic E-state index is 0.127. The Morgan fingerprint density at radius 2 is 1.72 bits per heavy atom. The van der Waals surface area contributed by atoms with E-state index in [9.17, 15) is 9.59 Å². The number of carbonyl (C=O) groups is 2. The summed E-state index contributed by atoms with van der Waals surface area (Å²) < 4.78 is 5.19. The average molecular weight is 391 g/mol. The highest BCUT2D eigenvalue weighted by Crippen LogP contribution is 2.15. The molecule has 0 fully saturated rings. The first-order valence-corrected chi connectivity index (χ1v) is 9.64. The van der Waals surface area contributed by atoms with E-state index in [0.717, 1.165) is 12.0 Å². The molecule has 3 aromatic rings. The van der Waals surface area contributed by atoms with Gasteiger partial charge in [0.1, 0.15) is 5.76 Å². The second-order valence-electron chi connectivity index (χ2n) is 6.64. The highest BCUT2D eigenvalue weighted by atomic mass is 16.3. The highest BCUT2D eigenvalue weighted by Gasteiger charge is 2.11. The topological polar surface area (TPSA) is 83.4 Å². The molecule has 1 heterocycles. The molecule has 0 saturated carbocycles. The van der Waals surface area contributed by atoms with Crippen LogP contribution in [0.15, 0.2) is 77.4 Å². The fraction of sp³-hybridized carbons (Fsp3) is 0.217. The Morgan fingerprint density at radius 1 is 0.966 bits per heavy atom. The number of hydrogen-bond acceptors (Lipinski definition) is 4. The molecule has 0 aliphatic heterocycles. The van der Waals surface area contributed by atoms with Crippen LogP contribution in [-0.4, -0.2) is 18.4 Å². The number of amides is 2. The third-order valence-corrected chi connectivity index (χ3v) is 4.55. The van der Waals surface area contributed by atoms with Gasteiger partial charge in [0, 0.05) is 17.3 Å². The average Bonchev–Trinajstić information content (AvgIpc) is 3.27. The zero-order chi connectivity index (χ0) is 20.5. The van der Waals surface area contributed by atoms with Crippen LogP contribution >= 0.6 is 0 Å². The largest absolute Gasteiger partial charge is 0.467 e. The lowest BCUT2D eigenvalue weighted by Crippen LogP contribution is -2.31. The quantitative estimate of drug-likeness (QED) is 0.517. The third-order valence-electron chi connectivity index (χ3n) is 4.55. The third kappa shape index (κ3) is 6.05. The second kappa shape index (κ2) is 10.2. The van der Waals surface area contributed by atoms with Crippen molar-refractivity contribution >= 4 is 17.5 Å². The van der Waals surface area contributed by atoms with Crippen LogP contribution in [0, 0.1) is 0 Å². The molecule has 0 aliphatic rings.